The van der Waals surface area contributed by atoms with Gasteiger partial charge >= 0.3 is 6.18 Å². The van der Waals surface area contributed by atoms with Crippen LogP contribution in [0.25, 0.3) is 10.5 Å². The summed E-state index contributed by atoms with van der Waals surface area (Å²) >= 11 is 1.16. The minimum atomic E-state index is -4.79. The van der Waals surface area contributed by atoms with E-state index in [1.54, 1.807) is 25.7 Å². The van der Waals surface area contributed by atoms with Gasteiger partial charge in [-0.05, 0) is 32.8 Å². The fourth-order valence-electron chi connectivity index (χ4n) is 4.17. The van der Waals surface area contributed by atoms with Crippen molar-refractivity contribution in [2.45, 2.75) is 49.5 Å². The Hall–Kier alpha value is -1.80. The standard InChI is InChI=1S/C20H25F3N4O4S2/c1-11-16(27-18(24-11)32-17(25-27)19(2,3)29)12-4-5-14(20(21,22)23)15(8-12)33(30,31)13-9-26(10-13)6-7-28/h4-5,13,15,28-29H,6-10H2,1-3H3. The number of aryl methyl sites for hydroxylation is 1. The quantitative estimate of drug-likeness (QED) is 0.618. The first kappa shape index (κ1) is 24.3. The van der Waals surface area contributed by atoms with Crippen LogP contribution in [0.5, 0.6) is 0 Å². The van der Waals surface area contributed by atoms with Crippen molar-refractivity contribution < 1.29 is 31.8 Å². The highest BCUT2D eigenvalue weighted by Gasteiger charge is 2.50. The first-order valence-electron chi connectivity index (χ1n) is 10.4. The van der Waals surface area contributed by atoms with E-state index in [-0.39, 0.29) is 32.7 Å². The van der Waals surface area contributed by atoms with E-state index >= 15 is 0 Å². The predicted molar refractivity (Wildman–Crippen MR) is 118 cm³/mol. The second kappa shape index (κ2) is 8.15. The van der Waals surface area contributed by atoms with E-state index in [1.807, 2.05) is 0 Å². The van der Waals surface area contributed by atoms with E-state index < -0.39 is 37.7 Å². The molecule has 0 spiro atoms. The number of aromatic nitrogens is 3. The minimum Gasteiger partial charge on any atom is -0.395 e. The molecule has 0 aromatic carbocycles. The monoisotopic (exact) mass is 506 g/mol. The molecule has 0 radical (unpaired) electrons. The maximum absolute atomic E-state index is 13.8. The second-order valence-electron chi connectivity index (χ2n) is 8.91. The maximum atomic E-state index is 13.8. The molecule has 182 valence electrons. The number of hydrogen-bond acceptors (Lipinski definition) is 8. The lowest BCUT2D eigenvalue weighted by molar-refractivity contribution is -0.0936. The summed E-state index contributed by atoms with van der Waals surface area (Å²) in [5, 5.41) is 21.4. The molecule has 4 rings (SSSR count). The first-order valence-corrected chi connectivity index (χ1v) is 12.8. The number of alkyl halides is 3. The van der Waals surface area contributed by atoms with Gasteiger partial charge in [0, 0.05) is 19.6 Å². The topological polar surface area (TPSA) is 108 Å². The molecule has 1 fully saturated rings. The van der Waals surface area contributed by atoms with E-state index in [0.29, 0.717) is 26.9 Å². The van der Waals surface area contributed by atoms with Crippen LogP contribution in [0.3, 0.4) is 0 Å². The molecular weight excluding hydrogens is 481 g/mol. The Labute approximate surface area is 193 Å². The largest absolute Gasteiger partial charge is 0.413 e. The lowest BCUT2D eigenvalue weighted by Crippen LogP contribution is -2.58. The van der Waals surface area contributed by atoms with Gasteiger partial charge in [0.2, 0.25) is 4.96 Å². The smallest absolute Gasteiger partial charge is 0.395 e. The number of fused-ring (bicyclic) bond motifs is 1. The summed E-state index contributed by atoms with van der Waals surface area (Å²) in [6, 6.07) is 0. The molecule has 1 atom stereocenters. The van der Waals surface area contributed by atoms with Gasteiger partial charge in [-0.15, -0.1) is 0 Å². The van der Waals surface area contributed by atoms with Gasteiger partial charge in [-0.2, -0.15) is 18.3 Å². The average Bonchev–Trinajstić information content (AvgIpc) is 3.19. The Morgan fingerprint density at radius 1 is 1.24 bits per heavy atom. The van der Waals surface area contributed by atoms with Crippen molar-refractivity contribution in [2.24, 2.45) is 0 Å². The van der Waals surface area contributed by atoms with Crippen LogP contribution in [-0.4, -0.2) is 81.0 Å². The normalized spacial score (nSPS) is 21.3. The summed E-state index contributed by atoms with van der Waals surface area (Å²) in [4.78, 5) is 6.57. The summed E-state index contributed by atoms with van der Waals surface area (Å²) in [5.41, 5.74) is -0.969. The molecule has 0 amide bonds. The minimum absolute atomic E-state index is 0.0978. The molecule has 33 heavy (non-hydrogen) atoms. The summed E-state index contributed by atoms with van der Waals surface area (Å²) < 4.78 is 69.3. The zero-order chi connectivity index (χ0) is 24.3. The highest BCUT2D eigenvalue weighted by atomic mass is 32.2. The highest BCUT2D eigenvalue weighted by Crippen LogP contribution is 2.42. The number of nitrogens with zero attached hydrogens (tertiary/aromatic N) is 4. The summed E-state index contributed by atoms with van der Waals surface area (Å²) in [6.45, 7) is 5.15. The van der Waals surface area contributed by atoms with E-state index in [2.05, 4.69) is 10.1 Å². The third kappa shape index (κ3) is 4.36. The fourth-order valence-corrected chi connectivity index (χ4v) is 7.40. The van der Waals surface area contributed by atoms with Crippen LogP contribution in [0.15, 0.2) is 17.7 Å². The SMILES string of the molecule is Cc1nc2sc(C(C)(C)O)nn2c1C1=CC=C(C(F)(F)F)C(S(=O)(=O)C2CN(CCO)C2)C1. The van der Waals surface area contributed by atoms with Crippen molar-refractivity contribution in [2.75, 3.05) is 26.2 Å². The molecule has 2 N–H and O–H groups in total. The number of likely N-dealkylation sites (tertiary alicyclic amines) is 1. The van der Waals surface area contributed by atoms with Crippen LogP contribution in [0, 0.1) is 6.92 Å². The Bertz CT molecular complexity index is 1230. The molecule has 13 heteroatoms. The molecule has 2 aromatic rings. The molecule has 1 unspecified atom stereocenters. The number of β-amino-alcohol motifs (C(OH)–C–C–N with tert-alkyl or cyclic N) is 1. The van der Waals surface area contributed by atoms with Gasteiger partial charge in [-0.1, -0.05) is 23.5 Å². The van der Waals surface area contributed by atoms with Gasteiger partial charge in [0.15, 0.2) is 9.84 Å². The van der Waals surface area contributed by atoms with Crippen LogP contribution in [0.4, 0.5) is 13.2 Å². The number of halogens is 3. The zero-order valence-electron chi connectivity index (χ0n) is 18.3. The van der Waals surface area contributed by atoms with E-state index in [1.165, 1.54) is 10.6 Å². The number of aliphatic hydroxyl groups is 2. The van der Waals surface area contributed by atoms with Gasteiger partial charge in [-0.25, -0.2) is 17.9 Å². The van der Waals surface area contributed by atoms with Gasteiger partial charge in [0.25, 0.3) is 0 Å². The number of rotatable bonds is 6. The van der Waals surface area contributed by atoms with Crippen molar-refractivity contribution in [3.05, 3.63) is 34.1 Å². The van der Waals surface area contributed by atoms with Crippen molar-refractivity contribution >= 4 is 31.7 Å². The van der Waals surface area contributed by atoms with Crippen molar-refractivity contribution in [3.63, 3.8) is 0 Å². The lowest BCUT2D eigenvalue weighted by atomic mass is 9.94. The predicted octanol–water partition coefficient (Wildman–Crippen LogP) is 2.06. The third-order valence-electron chi connectivity index (χ3n) is 5.95. The van der Waals surface area contributed by atoms with E-state index in [9.17, 15) is 26.7 Å². The Balaban J connectivity index is 1.73. The zero-order valence-corrected chi connectivity index (χ0v) is 19.9. The third-order valence-corrected chi connectivity index (χ3v) is 9.61. The van der Waals surface area contributed by atoms with Crippen LogP contribution >= 0.6 is 11.3 Å². The first-order chi connectivity index (χ1) is 15.2. The number of sulfone groups is 1. The Morgan fingerprint density at radius 2 is 1.91 bits per heavy atom. The second-order valence-corrected chi connectivity index (χ2v) is 12.3. The van der Waals surface area contributed by atoms with Crippen LogP contribution in [-0.2, 0) is 15.4 Å². The fraction of sp³-hybridized carbons (Fsp3) is 0.600. The van der Waals surface area contributed by atoms with Crippen molar-refractivity contribution in [1.29, 1.82) is 0 Å². The number of aliphatic hydroxyl groups excluding tert-OH is 1. The van der Waals surface area contributed by atoms with Crippen LogP contribution < -0.4 is 0 Å². The molecular formula is C20H25F3N4O4S2. The van der Waals surface area contributed by atoms with Crippen molar-refractivity contribution in [3.8, 4) is 0 Å². The van der Waals surface area contributed by atoms with Gasteiger partial charge < -0.3 is 10.2 Å². The maximum Gasteiger partial charge on any atom is 0.413 e. The van der Waals surface area contributed by atoms with E-state index in [4.69, 9.17) is 5.11 Å². The molecule has 2 aliphatic rings. The van der Waals surface area contributed by atoms with Gasteiger partial charge in [0.05, 0.1) is 34.1 Å². The van der Waals surface area contributed by atoms with Gasteiger partial charge in [0.1, 0.15) is 10.6 Å². The molecule has 2 aromatic heterocycles. The summed E-state index contributed by atoms with van der Waals surface area (Å²) in [5.74, 6) is 0. The number of hydrogen-bond donors (Lipinski definition) is 2. The molecule has 1 saturated heterocycles. The molecule has 1 aliphatic heterocycles. The van der Waals surface area contributed by atoms with Gasteiger partial charge in [-0.3, -0.25) is 4.90 Å². The lowest BCUT2D eigenvalue weighted by Gasteiger charge is -2.41. The van der Waals surface area contributed by atoms with Crippen LogP contribution in [0.2, 0.25) is 0 Å². The molecule has 0 bridgehead atoms. The highest BCUT2D eigenvalue weighted by molar-refractivity contribution is 7.93. The molecule has 3 heterocycles. The molecule has 1 aliphatic carbocycles. The molecule has 8 nitrogen and oxygen atoms in total. The Morgan fingerprint density at radius 3 is 2.48 bits per heavy atom. The van der Waals surface area contributed by atoms with Crippen molar-refractivity contribution in [1.82, 2.24) is 19.5 Å². The van der Waals surface area contributed by atoms with E-state index in [0.717, 1.165) is 17.4 Å². The number of imidazole rings is 1. The Kier molecular flexibility index (Phi) is 6.01. The summed E-state index contributed by atoms with van der Waals surface area (Å²) in [7, 11) is -4.16. The average molecular weight is 507 g/mol. The van der Waals surface area contributed by atoms with Crippen LogP contribution in [0.1, 0.15) is 36.7 Å². The number of allylic oxidation sites excluding steroid dienone is 3. The summed E-state index contributed by atoms with van der Waals surface area (Å²) in [6.07, 6.45) is -3.01. The molecule has 0 saturated carbocycles.